The molecule has 0 spiro atoms. The predicted molar refractivity (Wildman–Crippen MR) is 70.4 cm³/mol. The summed E-state index contributed by atoms with van der Waals surface area (Å²) in [6.07, 6.45) is 1.98. The number of amides is 2. The molecule has 2 amide bonds. The molecule has 6 heteroatoms. The summed E-state index contributed by atoms with van der Waals surface area (Å²) in [5.41, 5.74) is 0. The number of hydrogen-bond acceptors (Lipinski definition) is 3. The Morgan fingerprint density at radius 3 is 2.41 bits per heavy atom. The molecular formula is C11H22N2O3S. The second-order valence-electron chi connectivity index (χ2n) is 4.29. The number of hydrogen-bond donors (Lipinski definition) is 2. The van der Waals surface area contributed by atoms with Gasteiger partial charge in [0.15, 0.2) is 0 Å². The second-order valence-corrected chi connectivity index (χ2v) is 5.27. The number of nitrogens with zero attached hydrogens (tertiary/aromatic N) is 1. The van der Waals surface area contributed by atoms with Crippen LogP contribution in [-0.4, -0.2) is 54.2 Å². The molecule has 17 heavy (non-hydrogen) atoms. The summed E-state index contributed by atoms with van der Waals surface area (Å²) < 4.78 is 0. The maximum absolute atomic E-state index is 11.6. The van der Waals surface area contributed by atoms with Crippen LogP contribution in [0.25, 0.3) is 0 Å². The van der Waals surface area contributed by atoms with Crippen molar-refractivity contribution in [2.24, 2.45) is 11.8 Å². The van der Waals surface area contributed by atoms with E-state index in [0.717, 1.165) is 5.75 Å². The fraction of sp³-hybridized carbons (Fsp3) is 0.818. The predicted octanol–water partition coefficient (Wildman–Crippen LogP) is 1.35. The summed E-state index contributed by atoms with van der Waals surface area (Å²) in [4.78, 5) is 24.1. The first-order chi connectivity index (χ1) is 7.90. The van der Waals surface area contributed by atoms with Crippen molar-refractivity contribution in [3.8, 4) is 0 Å². The Morgan fingerprint density at radius 2 is 2.00 bits per heavy atom. The van der Waals surface area contributed by atoms with E-state index < -0.39 is 11.9 Å². The van der Waals surface area contributed by atoms with Gasteiger partial charge >= 0.3 is 12.0 Å². The Kier molecular flexibility index (Phi) is 7.78. The first-order valence-electron chi connectivity index (χ1n) is 5.60. The lowest BCUT2D eigenvalue weighted by atomic mass is 9.96. The van der Waals surface area contributed by atoms with Gasteiger partial charge in [0, 0.05) is 25.9 Å². The summed E-state index contributed by atoms with van der Waals surface area (Å²) in [7, 11) is 1.71. The highest BCUT2D eigenvalue weighted by Gasteiger charge is 2.22. The average Bonchev–Trinajstić information content (AvgIpc) is 2.24. The van der Waals surface area contributed by atoms with Crippen LogP contribution in [-0.2, 0) is 4.79 Å². The molecule has 0 rings (SSSR count). The SMILES string of the molecule is CSCCN(C)C(=O)NCC(C(=O)O)C(C)C. The van der Waals surface area contributed by atoms with E-state index in [2.05, 4.69) is 5.32 Å². The summed E-state index contributed by atoms with van der Waals surface area (Å²) in [5.74, 6) is -0.527. The molecule has 0 saturated carbocycles. The highest BCUT2D eigenvalue weighted by molar-refractivity contribution is 7.98. The fourth-order valence-electron chi connectivity index (χ4n) is 1.27. The van der Waals surface area contributed by atoms with E-state index in [1.54, 1.807) is 23.7 Å². The molecule has 0 aliphatic heterocycles. The molecule has 0 bridgehead atoms. The molecule has 0 fully saturated rings. The maximum atomic E-state index is 11.6. The highest BCUT2D eigenvalue weighted by Crippen LogP contribution is 2.09. The van der Waals surface area contributed by atoms with Crippen molar-refractivity contribution in [2.75, 3.05) is 32.1 Å². The summed E-state index contributed by atoms with van der Waals surface area (Å²) in [6.45, 7) is 4.51. The number of rotatable bonds is 7. The Bertz CT molecular complexity index is 259. The normalized spacial score (nSPS) is 12.3. The molecule has 0 aromatic rings. The van der Waals surface area contributed by atoms with Crippen LogP contribution in [0.3, 0.4) is 0 Å². The van der Waals surface area contributed by atoms with Crippen molar-refractivity contribution < 1.29 is 14.7 Å². The summed E-state index contributed by atoms with van der Waals surface area (Å²) in [6, 6.07) is -0.217. The zero-order valence-electron chi connectivity index (χ0n) is 10.9. The standard InChI is InChI=1S/C11H22N2O3S/c1-8(2)9(10(14)15)7-12-11(16)13(3)5-6-17-4/h8-9H,5-7H2,1-4H3,(H,12,16)(H,14,15). The zero-order valence-corrected chi connectivity index (χ0v) is 11.7. The third-order valence-electron chi connectivity index (χ3n) is 2.57. The molecule has 100 valence electrons. The van der Waals surface area contributed by atoms with E-state index >= 15 is 0 Å². The van der Waals surface area contributed by atoms with Gasteiger partial charge in [-0.1, -0.05) is 13.8 Å². The van der Waals surface area contributed by atoms with Gasteiger partial charge < -0.3 is 15.3 Å². The molecule has 0 radical (unpaired) electrons. The van der Waals surface area contributed by atoms with Crippen molar-refractivity contribution in [1.82, 2.24) is 10.2 Å². The van der Waals surface area contributed by atoms with Crippen LogP contribution < -0.4 is 5.32 Å². The van der Waals surface area contributed by atoms with Gasteiger partial charge in [-0.25, -0.2) is 4.79 Å². The minimum Gasteiger partial charge on any atom is -0.481 e. The van der Waals surface area contributed by atoms with E-state index in [4.69, 9.17) is 5.11 Å². The van der Waals surface area contributed by atoms with Crippen LogP contribution in [0, 0.1) is 11.8 Å². The largest absolute Gasteiger partial charge is 0.481 e. The van der Waals surface area contributed by atoms with Crippen LogP contribution in [0.1, 0.15) is 13.8 Å². The molecule has 0 aliphatic rings. The van der Waals surface area contributed by atoms with Gasteiger partial charge in [-0.2, -0.15) is 11.8 Å². The third-order valence-corrected chi connectivity index (χ3v) is 3.16. The van der Waals surface area contributed by atoms with Crippen LogP contribution in [0.5, 0.6) is 0 Å². The maximum Gasteiger partial charge on any atom is 0.317 e. The first-order valence-corrected chi connectivity index (χ1v) is 7.00. The summed E-state index contributed by atoms with van der Waals surface area (Å²) in [5, 5.41) is 11.6. The van der Waals surface area contributed by atoms with Gasteiger partial charge in [-0.05, 0) is 12.2 Å². The van der Waals surface area contributed by atoms with Gasteiger partial charge in [-0.15, -0.1) is 0 Å². The number of carbonyl (C=O) groups is 2. The van der Waals surface area contributed by atoms with Gasteiger partial charge in [0.2, 0.25) is 0 Å². The van der Waals surface area contributed by atoms with E-state index in [1.165, 1.54) is 0 Å². The van der Waals surface area contributed by atoms with Gasteiger partial charge in [0.25, 0.3) is 0 Å². The van der Waals surface area contributed by atoms with Gasteiger partial charge in [0.1, 0.15) is 0 Å². The molecule has 1 atom stereocenters. The molecule has 1 unspecified atom stereocenters. The Balaban J connectivity index is 4.08. The molecule has 2 N–H and O–H groups in total. The molecule has 0 aliphatic carbocycles. The minimum atomic E-state index is -0.868. The monoisotopic (exact) mass is 262 g/mol. The fourth-order valence-corrected chi connectivity index (χ4v) is 1.73. The second kappa shape index (κ2) is 8.22. The number of thioether (sulfide) groups is 1. The van der Waals surface area contributed by atoms with E-state index in [-0.39, 0.29) is 18.5 Å². The highest BCUT2D eigenvalue weighted by atomic mass is 32.2. The van der Waals surface area contributed by atoms with E-state index in [0.29, 0.717) is 6.54 Å². The average molecular weight is 262 g/mol. The molecule has 0 aromatic heterocycles. The molecular weight excluding hydrogens is 240 g/mol. The lowest BCUT2D eigenvalue weighted by Crippen LogP contribution is -2.42. The quantitative estimate of drug-likeness (QED) is 0.726. The topological polar surface area (TPSA) is 69.6 Å². The lowest BCUT2D eigenvalue weighted by Gasteiger charge is -2.21. The zero-order chi connectivity index (χ0) is 13.4. The Morgan fingerprint density at radius 1 is 1.41 bits per heavy atom. The number of aliphatic carboxylic acids is 1. The summed E-state index contributed by atoms with van der Waals surface area (Å²) >= 11 is 1.67. The smallest absolute Gasteiger partial charge is 0.317 e. The van der Waals surface area contributed by atoms with Crippen molar-refractivity contribution in [2.45, 2.75) is 13.8 Å². The number of nitrogens with one attached hydrogen (secondary N) is 1. The first kappa shape index (κ1) is 16.1. The minimum absolute atomic E-state index is 0.00398. The number of carboxylic acid groups (broad SMARTS) is 1. The Hall–Kier alpha value is -0.910. The molecule has 0 heterocycles. The van der Waals surface area contributed by atoms with Crippen molar-refractivity contribution >= 4 is 23.8 Å². The van der Waals surface area contributed by atoms with Crippen LogP contribution in [0.2, 0.25) is 0 Å². The van der Waals surface area contributed by atoms with Gasteiger partial charge in [0.05, 0.1) is 5.92 Å². The van der Waals surface area contributed by atoms with Crippen molar-refractivity contribution in [3.05, 3.63) is 0 Å². The molecule has 0 aromatic carbocycles. The van der Waals surface area contributed by atoms with E-state index in [1.807, 2.05) is 20.1 Å². The Labute approximate surface area is 107 Å². The molecule has 0 saturated heterocycles. The number of urea groups is 1. The molecule has 5 nitrogen and oxygen atoms in total. The van der Waals surface area contributed by atoms with Gasteiger partial charge in [-0.3, -0.25) is 4.79 Å². The third kappa shape index (κ3) is 6.41. The van der Waals surface area contributed by atoms with E-state index in [9.17, 15) is 9.59 Å². The van der Waals surface area contributed by atoms with Crippen molar-refractivity contribution in [1.29, 1.82) is 0 Å². The van der Waals surface area contributed by atoms with Crippen molar-refractivity contribution in [3.63, 3.8) is 0 Å². The van der Waals surface area contributed by atoms with Crippen LogP contribution in [0.4, 0.5) is 4.79 Å². The van der Waals surface area contributed by atoms with Crippen LogP contribution >= 0.6 is 11.8 Å². The van der Waals surface area contributed by atoms with Crippen LogP contribution in [0.15, 0.2) is 0 Å². The lowest BCUT2D eigenvalue weighted by molar-refractivity contribution is -0.142. The number of carboxylic acids is 1. The number of carbonyl (C=O) groups excluding carboxylic acids is 1.